The van der Waals surface area contributed by atoms with Crippen LogP contribution in [0.5, 0.6) is 0 Å². The maximum absolute atomic E-state index is 12.5. The molecule has 1 aromatic carbocycles. The molecule has 1 aromatic heterocycles. The molecule has 1 aliphatic rings. The van der Waals surface area contributed by atoms with E-state index in [-0.39, 0.29) is 5.78 Å². The van der Waals surface area contributed by atoms with Crippen LogP contribution in [0.15, 0.2) is 36.5 Å². The van der Waals surface area contributed by atoms with Crippen molar-refractivity contribution >= 4 is 16.7 Å². The van der Waals surface area contributed by atoms with Gasteiger partial charge in [-0.2, -0.15) is 0 Å². The molecule has 3 heteroatoms. The van der Waals surface area contributed by atoms with Gasteiger partial charge in [-0.05, 0) is 49.9 Å². The Morgan fingerprint density at radius 2 is 2.29 bits per heavy atom. The number of carbonyl (C=O) groups is 1. The third-order valence-electron chi connectivity index (χ3n) is 4.56. The quantitative estimate of drug-likeness (QED) is 0.873. The number of aromatic nitrogens is 1. The van der Waals surface area contributed by atoms with Crippen molar-refractivity contribution in [3.8, 4) is 0 Å². The van der Waals surface area contributed by atoms with E-state index in [4.69, 9.17) is 0 Å². The number of hydrogen-bond acceptors (Lipinski definition) is 3. The third kappa shape index (κ3) is 3.30. The Balaban J connectivity index is 1.71. The zero-order valence-electron chi connectivity index (χ0n) is 12.5. The van der Waals surface area contributed by atoms with E-state index < -0.39 is 0 Å². The highest BCUT2D eigenvalue weighted by atomic mass is 16.1. The summed E-state index contributed by atoms with van der Waals surface area (Å²) in [5.74, 6) is 1.26. The van der Waals surface area contributed by atoms with E-state index in [0.717, 1.165) is 29.6 Å². The highest BCUT2D eigenvalue weighted by molar-refractivity contribution is 5.98. The van der Waals surface area contributed by atoms with E-state index in [0.29, 0.717) is 18.3 Å². The van der Waals surface area contributed by atoms with Crippen molar-refractivity contribution in [1.82, 2.24) is 10.3 Å². The number of nitrogens with zero attached hydrogens (tertiary/aromatic N) is 1. The summed E-state index contributed by atoms with van der Waals surface area (Å²) in [5, 5.41) is 4.47. The van der Waals surface area contributed by atoms with Crippen LogP contribution in [0.2, 0.25) is 0 Å². The molecule has 0 spiro atoms. The van der Waals surface area contributed by atoms with Crippen molar-refractivity contribution in [3.05, 3.63) is 42.1 Å². The zero-order valence-corrected chi connectivity index (χ0v) is 12.5. The first-order valence-corrected chi connectivity index (χ1v) is 7.83. The molecule has 2 aromatic rings. The number of rotatable bonds is 4. The largest absolute Gasteiger partial charge is 0.316 e. The van der Waals surface area contributed by atoms with Crippen LogP contribution in [0.1, 0.15) is 36.5 Å². The Hall–Kier alpha value is -1.74. The van der Waals surface area contributed by atoms with Gasteiger partial charge in [-0.25, -0.2) is 0 Å². The molecule has 0 radical (unpaired) electrons. The van der Waals surface area contributed by atoms with Gasteiger partial charge in [0.15, 0.2) is 5.78 Å². The van der Waals surface area contributed by atoms with Crippen molar-refractivity contribution in [3.63, 3.8) is 0 Å². The number of piperidine rings is 1. The van der Waals surface area contributed by atoms with E-state index in [1.54, 1.807) is 6.20 Å². The average Bonchev–Trinajstić information content (AvgIpc) is 2.55. The lowest BCUT2D eigenvalue weighted by Gasteiger charge is -2.28. The van der Waals surface area contributed by atoms with Crippen LogP contribution in [-0.2, 0) is 0 Å². The van der Waals surface area contributed by atoms with Gasteiger partial charge in [0.25, 0.3) is 0 Å². The standard InChI is InChI=1S/C18H22N2O/c1-13(15-6-4-8-19-11-15)9-18(21)16-10-14-5-2-3-7-17(14)20-12-16/h2-3,5,7,10,12-13,15,19H,4,6,8-9,11H2,1H3. The van der Waals surface area contributed by atoms with Gasteiger partial charge in [0.05, 0.1) is 5.52 Å². The molecule has 1 aliphatic heterocycles. The lowest BCUT2D eigenvalue weighted by molar-refractivity contribution is 0.0942. The summed E-state index contributed by atoms with van der Waals surface area (Å²) in [6, 6.07) is 9.90. The minimum Gasteiger partial charge on any atom is -0.316 e. The number of benzene rings is 1. The zero-order chi connectivity index (χ0) is 14.7. The second-order valence-corrected chi connectivity index (χ2v) is 6.13. The molecule has 2 heterocycles. The molecule has 110 valence electrons. The van der Waals surface area contributed by atoms with E-state index in [1.807, 2.05) is 30.3 Å². The van der Waals surface area contributed by atoms with Crippen LogP contribution < -0.4 is 5.32 Å². The van der Waals surface area contributed by atoms with Crippen molar-refractivity contribution in [2.24, 2.45) is 11.8 Å². The minimum absolute atomic E-state index is 0.214. The molecule has 1 fully saturated rings. The molecule has 21 heavy (non-hydrogen) atoms. The predicted octanol–water partition coefficient (Wildman–Crippen LogP) is 3.44. The van der Waals surface area contributed by atoms with Gasteiger partial charge in [0, 0.05) is 23.6 Å². The molecule has 1 N–H and O–H groups in total. The fraction of sp³-hybridized carbons (Fsp3) is 0.444. The summed E-state index contributed by atoms with van der Waals surface area (Å²) < 4.78 is 0. The van der Waals surface area contributed by atoms with Crippen molar-refractivity contribution < 1.29 is 4.79 Å². The fourth-order valence-electron chi connectivity index (χ4n) is 3.16. The smallest absolute Gasteiger partial charge is 0.164 e. The lowest BCUT2D eigenvalue weighted by atomic mass is 9.83. The SMILES string of the molecule is CC(CC(=O)c1cnc2ccccc2c1)C1CCCNC1. The van der Waals surface area contributed by atoms with E-state index in [2.05, 4.69) is 17.2 Å². The highest BCUT2D eigenvalue weighted by Gasteiger charge is 2.22. The molecule has 0 aliphatic carbocycles. The Morgan fingerprint density at radius 3 is 3.10 bits per heavy atom. The highest BCUT2D eigenvalue weighted by Crippen LogP contribution is 2.24. The molecular formula is C18H22N2O. The molecule has 1 saturated heterocycles. The second-order valence-electron chi connectivity index (χ2n) is 6.13. The van der Waals surface area contributed by atoms with Crippen LogP contribution in [0.4, 0.5) is 0 Å². The van der Waals surface area contributed by atoms with Gasteiger partial charge in [0.1, 0.15) is 0 Å². The summed E-state index contributed by atoms with van der Waals surface area (Å²) in [6.07, 6.45) is 4.79. The van der Waals surface area contributed by atoms with Gasteiger partial charge in [-0.1, -0.05) is 25.1 Å². The Bertz CT molecular complexity index is 632. The van der Waals surface area contributed by atoms with Gasteiger partial charge in [0.2, 0.25) is 0 Å². The summed E-state index contributed by atoms with van der Waals surface area (Å²) in [4.78, 5) is 16.9. The normalized spacial score (nSPS) is 20.3. The predicted molar refractivity (Wildman–Crippen MR) is 85.4 cm³/mol. The summed E-state index contributed by atoms with van der Waals surface area (Å²) in [6.45, 7) is 4.36. The Kier molecular flexibility index (Phi) is 4.30. The number of fused-ring (bicyclic) bond motifs is 1. The maximum Gasteiger partial charge on any atom is 0.164 e. The van der Waals surface area contributed by atoms with Crippen molar-refractivity contribution in [2.75, 3.05) is 13.1 Å². The molecule has 3 nitrogen and oxygen atoms in total. The first-order valence-electron chi connectivity index (χ1n) is 7.83. The third-order valence-corrected chi connectivity index (χ3v) is 4.56. The molecule has 0 bridgehead atoms. The van der Waals surface area contributed by atoms with Gasteiger partial charge in [-0.15, -0.1) is 0 Å². The first-order chi connectivity index (χ1) is 10.2. The monoisotopic (exact) mass is 282 g/mol. The van der Waals surface area contributed by atoms with Crippen LogP contribution in [0, 0.1) is 11.8 Å². The van der Waals surface area contributed by atoms with Gasteiger partial charge in [-0.3, -0.25) is 9.78 Å². The van der Waals surface area contributed by atoms with E-state index in [9.17, 15) is 4.79 Å². The fourth-order valence-corrected chi connectivity index (χ4v) is 3.16. The number of pyridine rings is 1. The number of ketones is 1. The molecular weight excluding hydrogens is 260 g/mol. The summed E-state index contributed by atoms with van der Waals surface area (Å²) in [7, 11) is 0. The Labute approximate surface area is 125 Å². The number of Topliss-reactive ketones (excluding diaryl/α,β-unsaturated/α-hetero) is 1. The number of nitrogens with one attached hydrogen (secondary N) is 1. The minimum atomic E-state index is 0.214. The molecule has 0 saturated carbocycles. The first kappa shape index (κ1) is 14.2. The molecule has 2 unspecified atom stereocenters. The average molecular weight is 282 g/mol. The maximum atomic E-state index is 12.5. The Morgan fingerprint density at radius 1 is 1.43 bits per heavy atom. The van der Waals surface area contributed by atoms with Crippen LogP contribution in [0.3, 0.4) is 0 Å². The van der Waals surface area contributed by atoms with Crippen molar-refractivity contribution in [1.29, 1.82) is 0 Å². The topological polar surface area (TPSA) is 42.0 Å². The van der Waals surface area contributed by atoms with Gasteiger partial charge < -0.3 is 5.32 Å². The summed E-state index contributed by atoms with van der Waals surface area (Å²) in [5.41, 5.74) is 1.68. The number of hydrogen-bond donors (Lipinski definition) is 1. The molecule has 2 atom stereocenters. The van der Waals surface area contributed by atoms with Gasteiger partial charge >= 0.3 is 0 Å². The van der Waals surface area contributed by atoms with E-state index >= 15 is 0 Å². The van der Waals surface area contributed by atoms with Crippen LogP contribution in [0.25, 0.3) is 10.9 Å². The lowest BCUT2D eigenvalue weighted by Crippen LogP contribution is -2.34. The number of carbonyl (C=O) groups excluding carboxylic acids is 1. The number of para-hydroxylation sites is 1. The summed E-state index contributed by atoms with van der Waals surface area (Å²) >= 11 is 0. The molecule has 0 amide bonds. The second kappa shape index (κ2) is 6.35. The van der Waals surface area contributed by atoms with Crippen molar-refractivity contribution in [2.45, 2.75) is 26.2 Å². The van der Waals surface area contributed by atoms with Crippen LogP contribution in [-0.4, -0.2) is 23.9 Å². The van der Waals surface area contributed by atoms with Crippen LogP contribution >= 0.6 is 0 Å². The molecule has 3 rings (SSSR count). The van der Waals surface area contributed by atoms with E-state index in [1.165, 1.54) is 12.8 Å².